The summed E-state index contributed by atoms with van der Waals surface area (Å²) in [6.07, 6.45) is 0.821. The maximum absolute atomic E-state index is 6.11. The van der Waals surface area contributed by atoms with Gasteiger partial charge in [0.15, 0.2) is 5.96 Å². The lowest BCUT2D eigenvalue weighted by Gasteiger charge is -2.29. The van der Waals surface area contributed by atoms with Crippen LogP contribution in [0.1, 0.15) is 35.2 Å². The van der Waals surface area contributed by atoms with Gasteiger partial charge in [-0.1, -0.05) is 59.1 Å². The molecule has 0 amide bonds. The quantitative estimate of drug-likeness (QED) is 0.856. The van der Waals surface area contributed by atoms with Gasteiger partial charge in [0.25, 0.3) is 0 Å². The van der Waals surface area contributed by atoms with Crippen molar-refractivity contribution in [2.24, 2.45) is 10.7 Å². The van der Waals surface area contributed by atoms with Gasteiger partial charge in [0.1, 0.15) is 0 Å². The summed E-state index contributed by atoms with van der Waals surface area (Å²) in [4.78, 5) is 4.50. The van der Waals surface area contributed by atoms with E-state index in [-0.39, 0.29) is 12.1 Å². The first-order valence-corrected chi connectivity index (χ1v) is 7.90. The van der Waals surface area contributed by atoms with Crippen LogP contribution in [-0.4, -0.2) is 5.96 Å². The third-order valence-corrected chi connectivity index (χ3v) is 4.62. The average Bonchev–Trinajstić information content (AvgIpc) is 2.50. The molecule has 0 aromatic heterocycles. The monoisotopic (exact) mass is 333 g/mol. The fraction of sp³-hybridized carbons (Fsp3) is 0.235. The van der Waals surface area contributed by atoms with Crippen molar-refractivity contribution in [1.29, 1.82) is 0 Å². The van der Waals surface area contributed by atoms with Gasteiger partial charge in [-0.25, -0.2) is 4.99 Å². The molecule has 0 saturated heterocycles. The molecule has 0 radical (unpaired) electrons. The molecule has 1 heterocycles. The van der Waals surface area contributed by atoms with Crippen molar-refractivity contribution in [3.63, 3.8) is 0 Å². The van der Waals surface area contributed by atoms with Crippen LogP contribution in [0.4, 0.5) is 0 Å². The zero-order valence-corrected chi connectivity index (χ0v) is 13.7. The molecule has 2 atom stereocenters. The second-order valence-corrected chi connectivity index (χ2v) is 6.36. The van der Waals surface area contributed by atoms with Gasteiger partial charge in [-0.05, 0) is 36.6 Å². The highest BCUT2D eigenvalue weighted by Crippen LogP contribution is 2.34. The number of rotatable bonds is 2. The summed E-state index contributed by atoms with van der Waals surface area (Å²) >= 11 is 12.1. The predicted molar refractivity (Wildman–Crippen MR) is 92.5 cm³/mol. The maximum atomic E-state index is 6.11. The van der Waals surface area contributed by atoms with Crippen molar-refractivity contribution < 1.29 is 0 Å². The molecule has 2 aromatic carbocycles. The Morgan fingerprint density at radius 3 is 2.41 bits per heavy atom. The normalized spacial score (nSPS) is 21.1. The summed E-state index contributed by atoms with van der Waals surface area (Å²) in [6, 6.07) is 14.2. The molecule has 2 unspecified atom stereocenters. The Bertz CT molecular complexity index is 710. The van der Waals surface area contributed by atoms with Crippen LogP contribution < -0.4 is 11.1 Å². The topological polar surface area (TPSA) is 50.4 Å². The number of aliphatic imine (C=N–C) groups is 1. The van der Waals surface area contributed by atoms with E-state index in [9.17, 15) is 0 Å². The Balaban J connectivity index is 1.88. The number of aryl methyl sites for hydroxylation is 1. The van der Waals surface area contributed by atoms with Crippen LogP contribution in [0.5, 0.6) is 0 Å². The molecule has 0 aliphatic carbocycles. The number of hydrogen-bond acceptors (Lipinski definition) is 3. The van der Waals surface area contributed by atoms with E-state index in [0.29, 0.717) is 16.0 Å². The van der Waals surface area contributed by atoms with Crippen LogP contribution in [0.25, 0.3) is 0 Å². The minimum absolute atomic E-state index is 0.0256. The summed E-state index contributed by atoms with van der Waals surface area (Å²) in [5.41, 5.74) is 9.43. The van der Waals surface area contributed by atoms with E-state index in [1.54, 1.807) is 6.07 Å². The van der Waals surface area contributed by atoms with Gasteiger partial charge in [0.2, 0.25) is 0 Å². The van der Waals surface area contributed by atoms with E-state index in [1.807, 2.05) is 12.1 Å². The molecule has 114 valence electrons. The van der Waals surface area contributed by atoms with Gasteiger partial charge in [0.05, 0.1) is 22.1 Å². The molecule has 3 nitrogen and oxygen atoms in total. The van der Waals surface area contributed by atoms with Crippen molar-refractivity contribution in [2.45, 2.75) is 25.4 Å². The smallest absolute Gasteiger partial charge is 0.189 e. The van der Waals surface area contributed by atoms with Crippen molar-refractivity contribution in [3.8, 4) is 0 Å². The van der Waals surface area contributed by atoms with Crippen LogP contribution in [0.15, 0.2) is 47.5 Å². The second-order valence-electron chi connectivity index (χ2n) is 5.55. The molecule has 22 heavy (non-hydrogen) atoms. The van der Waals surface area contributed by atoms with E-state index < -0.39 is 0 Å². The van der Waals surface area contributed by atoms with Gasteiger partial charge in [-0.15, -0.1) is 0 Å². The number of benzene rings is 2. The summed E-state index contributed by atoms with van der Waals surface area (Å²) in [5.74, 6) is 0.452. The first kappa shape index (κ1) is 15.2. The van der Waals surface area contributed by atoms with Gasteiger partial charge < -0.3 is 11.1 Å². The number of nitrogens with two attached hydrogens (primary N) is 1. The highest BCUT2D eigenvalue weighted by molar-refractivity contribution is 6.42. The Morgan fingerprint density at radius 2 is 1.73 bits per heavy atom. The highest BCUT2D eigenvalue weighted by Gasteiger charge is 2.24. The lowest BCUT2D eigenvalue weighted by atomic mass is 9.93. The fourth-order valence-electron chi connectivity index (χ4n) is 2.67. The van der Waals surface area contributed by atoms with Crippen LogP contribution in [0, 0.1) is 6.92 Å². The molecular weight excluding hydrogens is 317 g/mol. The van der Waals surface area contributed by atoms with Crippen LogP contribution in [0.3, 0.4) is 0 Å². The molecule has 0 saturated carbocycles. The number of halogens is 2. The third-order valence-electron chi connectivity index (χ3n) is 3.88. The average molecular weight is 334 g/mol. The van der Waals surface area contributed by atoms with Crippen LogP contribution >= 0.6 is 23.2 Å². The maximum Gasteiger partial charge on any atom is 0.189 e. The summed E-state index contributed by atoms with van der Waals surface area (Å²) in [5, 5.41) is 4.33. The molecule has 0 bridgehead atoms. The third kappa shape index (κ3) is 3.21. The lowest BCUT2D eigenvalue weighted by molar-refractivity contribution is 0.487. The Labute approximate surface area is 140 Å². The van der Waals surface area contributed by atoms with Crippen molar-refractivity contribution in [3.05, 3.63) is 69.2 Å². The van der Waals surface area contributed by atoms with E-state index in [0.717, 1.165) is 12.0 Å². The summed E-state index contributed by atoms with van der Waals surface area (Å²) in [7, 11) is 0. The minimum atomic E-state index is -0.0256. The van der Waals surface area contributed by atoms with Gasteiger partial charge >= 0.3 is 0 Å². The fourth-order valence-corrected chi connectivity index (χ4v) is 2.97. The first-order valence-electron chi connectivity index (χ1n) is 7.14. The largest absolute Gasteiger partial charge is 0.370 e. The number of nitrogens with one attached hydrogen (secondary N) is 1. The first-order chi connectivity index (χ1) is 10.5. The van der Waals surface area contributed by atoms with Crippen molar-refractivity contribution in [2.75, 3.05) is 0 Å². The summed E-state index contributed by atoms with van der Waals surface area (Å²) in [6.45, 7) is 2.08. The molecule has 0 spiro atoms. The van der Waals surface area contributed by atoms with E-state index >= 15 is 0 Å². The number of hydrogen-bond donors (Lipinski definition) is 2. The highest BCUT2D eigenvalue weighted by atomic mass is 35.5. The van der Waals surface area contributed by atoms with Crippen molar-refractivity contribution in [1.82, 2.24) is 5.32 Å². The van der Waals surface area contributed by atoms with E-state index in [1.165, 1.54) is 11.1 Å². The van der Waals surface area contributed by atoms with Crippen LogP contribution in [0.2, 0.25) is 10.0 Å². The second kappa shape index (κ2) is 6.19. The van der Waals surface area contributed by atoms with Gasteiger partial charge in [0, 0.05) is 0 Å². The molecular formula is C17H17Cl2N3. The van der Waals surface area contributed by atoms with Crippen molar-refractivity contribution >= 4 is 29.2 Å². The van der Waals surface area contributed by atoms with E-state index in [2.05, 4.69) is 41.5 Å². The molecule has 3 rings (SSSR count). The molecule has 2 aromatic rings. The predicted octanol–water partition coefficient (Wildman–Crippen LogP) is 4.39. The molecule has 3 N–H and O–H groups in total. The molecule has 0 fully saturated rings. The molecule has 5 heteroatoms. The molecule has 1 aliphatic rings. The SMILES string of the molecule is Cc1ccc(C2CC(c3ccc(Cl)c(Cl)c3)N=C(N)N2)cc1. The van der Waals surface area contributed by atoms with E-state index in [4.69, 9.17) is 28.9 Å². The Morgan fingerprint density at radius 1 is 1.05 bits per heavy atom. The standard InChI is InChI=1S/C17H17Cl2N3/c1-10-2-4-11(5-3-10)15-9-16(22-17(20)21-15)12-6-7-13(18)14(19)8-12/h2-8,15-16H,9H2,1H3,(H3,20,21,22). The number of guanidine groups is 1. The zero-order valence-electron chi connectivity index (χ0n) is 12.2. The van der Waals surface area contributed by atoms with Crippen LogP contribution in [-0.2, 0) is 0 Å². The number of nitrogens with zero attached hydrogens (tertiary/aromatic N) is 1. The van der Waals surface area contributed by atoms with Gasteiger partial charge in [-0.3, -0.25) is 0 Å². The Hall–Kier alpha value is -1.71. The summed E-state index contributed by atoms with van der Waals surface area (Å²) < 4.78 is 0. The Kier molecular flexibility index (Phi) is 4.27. The zero-order chi connectivity index (χ0) is 15.7. The lowest BCUT2D eigenvalue weighted by Crippen LogP contribution is -2.39. The van der Waals surface area contributed by atoms with Gasteiger partial charge in [-0.2, -0.15) is 0 Å². The molecule has 1 aliphatic heterocycles. The minimum Gasteiger partial charge on any atom is -0.370 e.